The summed E-state index contributed by atoms with van der Waals surface area (Å²) in [4.78, 5) is -0.127. The first kappa shape index (κ1) is 21.5. The van der Waals surface area contributed by atoms with Gasteiger partial charge in [-0.1, -0.05) is 12.1 Å². The lowest BCUT2D eigenvalue weighted by atomic mass is 10.1. The van der Waals surface area contributed by atoms with E-state index in [0.717, 1.165) is 5.56 Å². The van der Waals surface area contributed by atoms with Gasteiger partial charge in [0.2, 0.25) is 20.0 Å². The van der Waals surface area contributed by atoms with Gasteiger partial charge in [-0.3, -0.25) is 4.31 Å². The fourth-order valence-corrected chi connectivity index (χ4v) is 6.02. The molecule has 2 aromatic carbocycles. The number of nitrogens with zero attached hydrogens (tertiary/aromatic N) is 1. The van der Waals surface area contributed by atoms with E-state index in [1.54, 1.807) is 18.2 Å². The van der Waals surface area contributed by atoms with Crippen LogP contribution in [0, 0.1) is 5.82 Å². The lowest BCUT2D eigenvalue weighted by Gasteiger charge is -2.28. The number of methoxy groups -OCH3 is 1. The van der Waals surface area contributed by atoms with Crippen molar-refractivity contribution >= 4 is 25.7 Å². The molecule has 0 saturated carbocycles. The highest BCUT2D eigenvalue weighted by molar-refractivity contribution is 7.92. The van der Waals surface area contributed by atoms with Crippen molar-refractivity contribution in [3.05, 3.63) is 53.8 Å². The van der Waals surface area contributed by atoms with Crippen LogP contribution < -0.4 is 13.8 Å². The molecule has 0 atom stereocenters. The van der Waals surface area contributed by atoms with Crippen LogP contribution >= 0.6 is 0 Å². The summed E-state index contributed by atoms with van der Waals surface area (Å²) in [5.41, 5.74) is 1.08. The topological polar surface area (TPSA) is 92.8 Å². The minimum atomic E-state index is -3.95. The van der Waals surface area contributed by atoms with Crippen molar-refractivity contribution in [2.75, 3.05) is 30.3 Å². The number of hydrogen-bond donors (Lipinski definition) is 1. The molecular weight excluding hydrogens is 419 g/mol. The smallest absolute Gasteiger partial charge is 0.244 e. The van der Waals surface area contributed by atoms with E-state index < -0.39 is 20.0 Å². The summed E-state index contributed by atoms with van der Waals surface area (Å²) in [6.07, 6.45) is 1.68. The highest BCUT2D eigenvalue weighted by Crippen LogP contribution is 2.31. The van der Waals surface area contributed by atoms with Crippen LogP contribution in [0.4, 0.5) is 10.1 Å². The van der Waals surface area contributed by atoms with Crippen molar-refractivity contribution in [3.63, 3.8) is 0 Å². The van der Waals surface area contributed by atoms with Gasteiger partial charge in [0, 0.05) is 13.1 Å². The quantitative estimate of drug-likeness (QED) is 0.710. The van der Waals surface area contributed by atoms with Crippen molar-refractivity contribution in [3.8, 4) is 5.75 Å². The molecule has 0 unspecified atom stereocenters. The van der Waals surface area contributed by atoms with E-state index in [1.165, 1.54) is 35.7 Å². The zero-order valence-electron chi connectivity index (χ0n) is 16.0. The Labute approximate surface area is 170 Å². The lowest BCUT2D eigenvalue weighted by Crippen LogP contribution is -2.38. The molecule has 1 heterocycles. The third-order valence-electron chi connectivity index (χ3n) is 4.69. The van der Waals surface area contributed by atoms with Crippen LogP contribution in [-0.2, 0) is 26.5 Å². The first-order valence-electron chi connectivity index (χ1n) is 9.15. The Bertz CT molecular complexity index is 1070. The minimum Gasteiger partial charge on any atom is -0.495 e. The number of benzene rings is 2. The first-order chi connectivity index (χ1) is 13.7. The standard InChI is InChI=1S/C19H23FN2O5S2/c1-27-18-9-8-17(22-12-2-3-13-28(22,23)24)14-19(18)29(25,26)21-11-10-15-4-6-16(20)7-5-15/h4-9,14,21H,2-3,10-13H2,1H3. The van der Waals surface area contributed by atoms with Crippen LogP contribution in [0.2, 0.25) is 0 Å². The van der Waals surface area contributed by atoms with Gasteiger partial charge in [0.15, 0.2) is 0 Å². The second kappa shape index (κ2) is 8.68. The lowest BCUT2D eigenvalue weighted by molar-refractivity contribution is 0.402. The number of halogens is 1. The molecule has 0 aromatic heterocycles. The van der Waals surface area contributed by atoms with Crippen LogP contribution in [0.3, 0.4) is 0 Å². The third-order valence-corrected chi connectivity index (χ3v) is 8.04. The van der Waals surface area contributed by atoms with Gasteiger partial charge in [-0.2, -0.15) is 0 Å². The molecule has 1 fully saturated rings. The molecule has 1 N–H and O–H groups in total. The fraction of sp³-hybridized carbons (Fsp3) is 0.368. The zero-order valence-corrected chi connectivity index (χ0v) is 17.6. The van der Waals surface area contributed by atoms with Crippen molar-refractivity contribution in [2.45, 2.75) is 24.2 Å². The summed E-state index contributed by atoms with van der Waals surface area (Å²) in [5.74, 6) is -0.196. The third kappa shape index (κ3) is 5.06. The zero-order chi connectivity index (χ0) is 21.1. The van der Waals surface area contributed by atoms with Gasteiger partial charge in [-0.15, -0.1) is 0 Å². The van der Waals surface area contributed by atoms with Gasteiger partial charge in [-0.05, 0) is 55.2 Å². The summed E-state index contributed by atoms with van der Waals surface area (Å²) < 4.78 is 72.3. The van der Waals surface area contributed by atoms with Gasteiger partial charge >= 0.3 is 0 Å². The molecule has 158 valence electrons. The van der Waals surface area contributed by atoms with E-state index in [2.05, 4.69) is 4.72 Å². The van der Waals surface area contributed by atoms with E-state index in [1.807, 2.05) is 0 Å². The molecule has 2 aromatic rings. The number of anilines is 1. The predicted octanol–water partition coefficient (Wildman–Crippen LogP) is 2.29. The second-order valence-electron chi connectivity index (χ2n) is 6.70. The largest absolute Gasteiger partial charge is 0.495 e. The Balaban J connectivity index is 1.82. The maximum absolute atomic E-state index is 13.0. The Morgan fingerprint density at radius 3 is 2.52 bits per heavy atom. The average molecular weight is 443 g/mol. The molecule has 7 nitrogen and oxygen atoms in total. The normalized spacial score (nSPS) is 16.6. The Kier molecular flexibility index (Phi) is 6.45. The molecule has 1 aliphatic rings. The second-order valence-corrected chi connectivity index (χ2v) is 10.5. The van der Waals surface area contributed by atoms with Gasteiger partial charge in [0.25, 0.3) is 0 Å². The number of rotatable bonds is 7. The van der Waals surface area contributed by atoms with Crippen LogP contribution in [0.1, 0.15) is 18.4 Å². The Morgan fingerprint density at radius 1 is 1.14 bits per heavy atom. The number of ether oxygens (including phenoxy) is 1. The van der Waals surface area contributed by atoms with Crippen LogP contribution in [-0.4, -0.2) is 42.8 Å². The summed E-state index contributed by atoms with van der Waals surface area (Å²) in [7, 11) is -6.07. The van der Waals surface area contributed by atoms with Crippen molar-refractivity contribution in [1.29, 1.82) is 0 Å². The van der Waals surface area contributed by atoms with E-state index in [0.29, 0.717) is 31.5 Å². The van der Waals surface area contributed by atoms with Crippen LogP contribution in [0.25, 0.3) is 0 Å². The highest BCUT2D eigenvalue weighted by Gasteiger charge is 2.28. The summed E-state index contributed by atoms with van der Waals surface area (Å²) in [6, 6.07) is 10.1. The monoisotopic (exact) mass is 442 g/mol. The van der Waals surface area contributed by atoms with Gasteiger partial charge in [0.05, 0.1) is 18.6 Å². The summed E-state index contributed by atoms with van der Waals surface area (Å²) in [6.45, 7) is 0.412. The van der Waals surface area contributed by atoms with Gasteiger partial charge in [-0.25, -0.2) is 25.9 Å². The molecule has 0 amide bonds. The molecule has 0 radical (unpaired) electrons. The molecule has 3 rings (SSSR count). The number of hydrogen-bond acceptors (Lipinski definition) is 5. The van der Waals surface area contributed by atoms with E-state index in [9.17, 15) is 21.2 Å². The fourth-order valence-electron chi connectivity index (χ4n) is 3.17. The first-order valence-corrected chi connectivity index (χ1v) is 12.2. The predicted molar refractivity (Wildman–Crippen MR) is 109 cm³/mol. The molecule has 0 spiro atoms. The van der Waals surface area contributed by atoms with Crippen LogP contribution in [0.5, 0.6) is 5.75 Å². The molecule has 29 heavy (non-hydrogen) atoms. The SMILES string of the molecule is COc1ccc(N2CCCCS2(=O)=O)cc1S(=O)(=O)NCCc1ccc(F)cc1. The number of sulfonamides is 2. The van der Waals surface area contributed by atoms with E-state index >= 15 is 0 Å². The number of nitrogens with one attached hydrogen (secondary N) is 1. The minimum absolute atomic E-state index is 0.0387. The van der Waals surface area contributed by atoms with E-state index in [4.69, 9.17) is 4.74 Å². The molecular formula is C19H23FN2O5S2. The van der Waals surface area contributed by atoms with Gasteiger partial charge in [0.1, 0.15) is 16.5 Å². The molecule has 1 saturated heterocycles. The Hall–Kier alpha value is -2.17. The summed E-state index contributed by atoms with van der Waals surface area (Å²) in [5, 5.41) is 0. The molecule has 10 heteroatoms. The summed E-state index contributed by atoms with van der Waals surface area (Å²) >= 11 is 0. The maximum atomic E-state index is 13.0. The van der Waals surface area contributed by atoms with E-state index in [-0.39, 0.29) is 28.8 Å². The van der Waals surface area contributed by atoms with Gasteiger partial charge < -0.3 is 4.74 Å². The van der Waals surface area contributed by atoms with Crippen molar-refractivity contribution in [2.24, 2.45) is 0 Å². The van der Waals surface area contributed by atoms with Crippen molar-refractivity contribution in [1.82, 2.24) is 4.72 Å². The molecule has 0 bridgehead atoms. The maximum Gasteiger partial charge on any atom is 0.244 e. The molecule has 1 aliphatic heterocycles. The average Bonchev–Trinajstić information content (AvgIpc) is 2.68. The highest BCUT2D eigenvalue weighted by atomic mass is 32.2. The van der Waals surface area contributed by atoms with Crippen LogP contribution in [0.15, 0.2) is 47.4 Å². The molecule has 0 aliphatic carbocycles. The van der Waals surface area contributed by atoms with Crippen molar-refractivity contribution < 1.29 is 26.0 Å². The Morgan fingerprint density at radius 2 is 1.86 bits per heavy atom.